The number of anilines is 3. The number of aromatic nitrogens is 1. The van der Waals surface area contributed by atoms with E-state index in [1.54, 1.807) is 0 Å². The van der Waals surface area contributed by atoms with Crippen LogP contribution in [0.5, 0.6) is 0 Å². The second-order valence-electron chi connectivity index (χ2n) is 14.7. The summed E-state index contributed by atoms with van der Waals surface area (Å²) in [5.74, 6) is 0. The molecule has 0 bridgehead atoms. The molecule has 54 heavy (non-hydrogen) atoms. The summed E-state index contributed by atoms with van der Waals surface area (Å²) in [6.07, 6.45) is 6.58. The second-order valence-corrected chi connectivity index (χ2v) is 14.7. The third kappa shape index (κ3) is 5.76. The van der Waals surface area contributed by atoms with E-state index in [-0.39, 0.29) is 0 Å². The molecule has 260 valence electrons. The Hall–Kier alpha value is -6.38. The number of hydrogen-bond donors (Lipinski definition) is 0. The van der Waals surface area contributed by atoms with Crippen LogP contribution in [0, 0.1) is 0 Å². The molecule has 1 heterocycles. The van der Waals surface area contributed by atoms with Gasteiger partial charge in [0.15, 0.2) is 0 Å². The minimum absolute atomic E-state index is 0.590. The minimum Gasteiger partial charge on any atom is -0.337 e. The third-order valence-corrected chi connectivity index (χ3v) is 11.6. The molecule has 0 radical (unpaired) electrons. The lowest BCUT2D eigenvalue weighted by atomic mass is 9.94. The largest absolute Gasteiger partial charge is 0.337 e. The Bertz CT molecular complexity index is 2720. The molecule has 2 nitrogen and oxygen atoms in total. The molecule has 1 aliphatic rings. The number of hydrogen-bond acceptors (Lipinski definition) is 1. The highest BCUT2D eigenvalue weighted by Crippen LogP contribution is 2.43. The zero-order valence-corrected chi connectivity index (χ0v) is 30.4. The SMILES string of the molecule is c1ccc(-c2ccc(N(c3ccccc3)c3cccc4c(-c5ccc(-c6ccc7c(c6)c6ccccc6n7C6CCCCC6)cc5)cccc34)cc2)cc1. The normalized spacial score (nSPS) is 13.5. The van der Waals surface area contributed by atoms with Gasteiger partial charge in [0.25, 0.3) is 0 Å². The van der Waals surface area contributed by atoms with Crippen LogP contribution in [0.15, 0.2) is 188 Å². The van der Waals surface area contributed by atoms with Gasteiger partial charge in [-0.2, -0.15) is 0 Å². The maximum absolute atomic E-state index is 2.64. The lowest BCUT2D eigenvalue weighted by Gasteiger charge is -2.27. The van der Waals surface area contributed by atoms with Crippen molar-refractivity contribution in [3.05, 3.63) is 188 Å². The summed E-state index contributed by atoms with van der Waals surface area (Å²) >= 11 is 0. The van der Waals surface area contributed by atoms with Gasteiger partial charge < -0.3 is 9.47 Å². The van der Waals surface area contributed by atoms with Gasteiger partial charge in [-0.15, -0.1) is 0 Å². The van der Waals surface area contributed by atoms with Crippen molar-refractivity contribution in [2.75, 3.05) is 4.90 Å². The van der Waals surface area contributed by atoms with Crippen LogP contribution >= 0.6 is 0 Å². The van der Waals surface area contributed by atoms with E-state index in [1.165, 1.54) is 98.1 Å². The summed E-state index contributed by atoms with van der Waals surface area (Å²) in [5.41, 5.74) is 13.5. The van der Waals surface area contributed by atoms with E-state index in [0.717, 1.165) is 17.1 Å². The molecule has 0 aliphatic heterocycles. The molecule has 10 rings (SSSR count). The molecule has 0 atom stereocenters. The van der Waals surface area contributed by atoms with E-state index in [0.29, 0.717) is 6.04 Å². The first kappa shape index (κ1) is 32.3. The summed E-state index contributed by atoms with van der Waals surface area (Å²) in [5, 5.41) is 5.17. The van der Waals surface area contributed by atoms with Crippen LogP contribution in [-0.4, -0.2) is 4.57 Å². The second kappa shape index (κ2) is 13.9. The van der Waals surface area contributed by atoms with Crippen molar-refractivity contribution in [2.24, 2.45) is 0 Å². The van der Waals surface area contributed by atoms with Gasteiger partial charge in [-0.25, -0.2) is 0 Å². The van der Waals surface area contributed by atoms with Crippen LogP contribution in [0.4, 0.5) is 17.1 Å². The van der Waals surface area contributed by atoms with Crippen LogP contribution in [0.3, 0.4) is 0 Å². The molecule has 0 N–H and O–H groups in total. The molecule has 1 saturated carbocycles. The predicted octanol–water partition coefficient (Wildman–Crippen LogP) is 14.9. The van der Waals surface area contributed by atoms with E-state index in [2.05, 4.69) is 198 Å². The fraction of sp³-hybridized carbons (Fsp3) is 0.115. The monoisotopic (exact) mass is 694 g/mol. The third-order valence-electron chi connectivity index (χ3n) is 11.6. The minimum atomic E-state index is 0.590. The highest BCUT2D eigenvalue weighted by Gasteiger charge is 2.21. The van der Waals surface area contributed by atoms with Gasteiger partial charge >= 0.3 is 0 Å². The van der Waals surface area contributed by atoms with Gasteiger partial charge in [-0.3, -0.25) is 0 Å². The fourth-order valence-corrected chi connectivity index (χ4v) is 8.94. The highest BCUT2D eigenvalue weighted by atomic mass is 15.1. The zero-order valence-electron chi connectivity index (χ0n) is 30.4. The fourth-order valence-electron chi connectivity index (χ4n) is 8.94. The molecular weight excluding hydrogens is 653 g/mol. The summed E-state index contributed by atoms with van der Waals surface area (Å²) < 4.78 is 2.64. The Morgan fingerprint density at radius 1 is 0.370 bits per heavy atom. The predicted molar refractivity (Wildman–Crippen MR) is 230 cm³/mol. The lowest BCUT2D eigenvalue weighted by Crippen LogP contribution is -2.12. The van der Waals surface area contributed by atoms with Gasteiger partial charge in [0.2, 0.25) is 0 Å². The number of nitrogens with zero attached hydrogens (tertiary/aromatic N) is 2. The topological polar surface area (TPSA) is 8.17 Å². The van der Waals surface area contributed by atoms with Crippen LogP contribution in [0.2, 0.25) is 0 Å². The molecule has 9 aromatic rings. The maximum atomic E-state index is 2.64. The van der Waals surface area contributed by atoms with Crippen LogP contribution < -0.4 is 4.90 Å². The number of benzene rings is 8. The van der Waals surface area contributed by atoms with E-state index in [1.807, 2.05) is 0 Å². The molecule has 0 saturated heterocycles. The van der Waals surface area contributed by atoms with Crippen molar-refractivity contribution in [3.63, 3.8) is 0 Å². The van der Waals surface area contributed by atoms with E-state index in [4.69, 9.17) is 0 Å². The average Bonchev–Trinajstić information content (AvgIpc) is 3.59. The zero-order chi connectivity index (χ0) is 35.8. The Morgan fingerprint density at radius 3 is 1.72 bits per heavy atom. The van der Waals surface area contributed by atoms with Crippen LogP contribution in [-0.2, 0) is 0 Å². The lowest BCUT2D eigenvalue weighted by molar-refractivity contribution is 0.367. The molecule has 1 aromatic heterocycles. The summed E-state index contributed by atoms with van der Waals surface area (Å²) in [4.78, 5) is 2.38. The summed E-state index contributed by atoms with van der Waals surface area (Å²) in [6, 6.07) is 69.5. The van der Waals surface area contributed by atoms with E-state index < -0.39 is 0 Å². The highest BCUT2D eigenvalue weighted by molar-refractivity contribution is 6.10. The quantitative estimate of drug-likeness (QED) is 0.161. The molecule has 1 aliphatic carbocycles. The Labute approximate surface area is 317 Å². The molecule has 2 heteroatoms. The Balaban J connectivity index is 1.02. The summed E-state index contributed by atoms with van der Waals surface area (Å²) in [7, 11) is 0. The summed E-state index contributed by atoms with van der Waals surface area (Å²) in [6.45, 7) is 0. The number of fused-ring (bicyclic) bond motifs is 4. The molecule has 0 amide bonds. The maximum Gasteiger partial charge on any atom is 0.0540 e. The van der Waals surface area contributed by atoms with Gasteiger partial charge in [-0.1, -0.05) is 159 Å². The van der Waals surface area contributed by atoms with E-state index >= 15 is 0 Å². The average molecular weight is 695 g/mol. The van der Waals surface area contributed by atoms with Crippen LogP contribution in [0.1, 0.15) is 38.1 Å². The van der Waals surface area contributed by atoms with Gasteiger partial charge in [0, 0.05) is 44.6 Å². The molecule has 0 spiro atoms. The van der Waals surface area contributed by atoms with Gasteiger partial charge in [0.1, 0.15) is 0 Å². The first-order valence-electron chi connectivity index (χ1n) is 19.5. The number of rotatable bonds is 7. The first-order valence-corrected chi connectivity index (χ1v) is 19.5. The molecule has 8 aromatic carbocycles. The number of para-hydroxylation sites is 2. The van der Waals surface area contributed by atoms with Crippen molar-refractivity contribution in [3.8, 4) is 33.4 Å². The molecule has 1 fully saturated rings. The van der Waals surface area contributed by atoms with Crippen molar-refractivity contribution >= 4 is 49.6 Å². The smallest absolute Gasteiger partial charge is 0.0540 e. The van der Waals surface area contributed by atoms with Gasteiger partial charge in [0.05, 0.1) is 5.69 Å². The standard InChI is InChI=1S/C52H42N2/c1-4-14-37(15-5-1)38-30-33-44(34-31-38)53(42-16-6-2-7-17-42)50-25-13-22-46-45(21-12-23-47(46)50)40-28-26-39(27-29-40)41-32-35-52-49(36-41)48-20-10-11-24-51(48)54(52)43-18-8-3-9-19-43/h1-2,4-7,10-17,20-36,43H,3,8-9,18-19H2. The molecule has 0 unspecified atom stereocenters. The first-order chi connectivity index (χ1) is 26.8. The van der Waals surface area contributed by atoms with Crippen LogP contribution in [0.25, 0.3) is 66.0 Å². The van der Waals surface area contributed by atoms with Crippen molar-refractivity contribution in [2.45, 2.75) is 38.1 Å². The van der Waals surface area contributed by atoms with Crippen molar-refractivity contribution in [1.29, 1.82) is 0 Å². The van der Waals surface area contributed by atoms with Crippen molar-refractivity contribution in [1.82, 2.24) is 4.57 Å². The Morgan fingerprint density at radius 2 is 0.926 bits per heavy atom. The van der Waals surface area contributed by atoms with E-state index in [9.17, 15) is 0 Å². The Kier molecular flexibility index (Phi) is 8.30. The van der Waals surface area contributed by atoms with Gasteiger partial charge in [-0.05, 0) is 100 Å². The van der Waals surface area contributed by atoms with Crippen molar-refractivity contribution < 1.29 is 0 Å². The molecular formula is C52H42N2.